The molecule has 142 valence electrons. The van der Waals surface area contributed by atoms with Gasteiger partial charge in [0.05, 0.1) is 0 Å². The van der Waals surface area contributed by atoms with Crippen LogP contribution in [0.15, 0.2) is 10.9 Å². The van der Waals surface area contributed by atoms with Crippen LogP contribution >= 0.6 is 0 Å². The van der Waals surface area contributed by atoms with E-state index >= 15 is 0 Å². The number of nitrogens with one attached hydrogen (secondary N) is 1. The van der Waals surface area contributed by atoms with Crippen molar-refractivity contribution in [3.05, 3.63) is 27.9 Å². The molecular formula is C19H27N3O4. The summed E-state index contributed by atoms with van der Waals surface area (Å²) in [6.45, 7) is 4.93. The molecule has 7 nitrogen and oxygen atoms in total. The molecule has 0 radical (unpaired) electrons. The van der Waals surface area contributed by atoms with E-state index in [4.69, 9.17) is 9.47 Å². The minimum Gasteiger partial charge on any atom is -0.353 e. The van der Waals surface area contributed by atoms with Crippen LogP contribution in [0.3, 0.4) is 0 Å². The zero-order valence-electron chi connectivity index (χ0n) is 15.9. The van der Waals surface area contributed by atoms with Gasteiger partial charge in [-0.1, -0.05) is 13.8 Å². The van der Waals surface area contributed by atoms with Gasteiger partial charge in [0.2, 0.25) is 0 Å². The quantitative estimate of drug-likeness (QED) is 0.810. The maximum atomic E-state index is 13.1. The van der Waals surface area contributed by atoms with Gasteiger partial charge in [0.1, 0.15) is 11.5 Å². The first-order chi connectivity index (χ1) is 12.3. The van der Waals surface area contributed by atoms with Gasteiger partial charge in [0.15, 0.2) is 5.79 Å². The van der Waals surface area contributed by atoms with Gasteiger partial charge in [0, 0.05) is 57.0 Å². The number of carbonyl (C=O) groups is 1. The van der Waals surface area contributed by atoms with Crippen LogP contribution in [-0.4, -0.2) is 53.4 Å². The van der Waals surface area contributed by atoms with Crippen molar-refractivity contribution in [2.45, 2.75) is 57.3 Å². The first-order valence-electron chi connectivity index (χ1n) is 9.36. The molecule has 1 aliphatic heterocycles. The van der Waals surface area contributed by atoms with Gasteiger partial charge < -0.3 is 19.4 Å². The second-order valence-corrected chi connectivity index (χ2v) is 8.45. The predicted octanol–water partition coefficient (Wildman–Crippen LogP) is 1.90. The Bertz CT molecular complexity index is 771. The summed E-state index contributed by atoms with van der Waals surface area (Å²) in [6.07, 6.45) is 3.63. The molecule has 1 unspecified atom stereocenters. The second-order valence-electron chi connectivity index (χ2n) is 8.45. The number of nitrogens with zero attached hydrogens (tertiary/aromatic N) is 2. The van der Waals surface area contributed by atoms with Crippen LogP contribution in [0.1, 0.15) is 61.8 Å². The highest BCUT2D eigenvalue weighted by Gasteiger charge is 2.67. The molecule has 1 spiro atoms. The van der Waals surface area contributed by atoms with Crippen LogP contribution in [0.5, 0.6) is 0 Å². The number of aromatic nitrogens is 2. The minimum absolute atomic E-state index is 0.0381. The van der Waals surface area contributed by atoms with E-state index in [0.717, 1.165) is 25.7 Å². The third kappa shape index (κ3) is 2.60. The Labute approximate surface area is 153 Å². The molecule has 2 saturated carbocycles. The fourth-order valence-corrected chi connectivity index (χ4v) is 5.01. The average Bonchev–Trinajstić information content (AvgIpc) is 3.37. The number of ether oxygens (including phenoxy) is 2. The van der Waals surface area contributed by atoms with Crippen LogP contribution in [0, 0.1) is 11.3 Å². The molecule has 1 N–H and O–H groups in total. The van der Waals surface area contributed by atoms with E-state index in [1.807, 2.05) is 4.90 Å². The monoisotopic (exact) mass is 361 g/mol. The number of hydrogen-bond acceptors (Lipinski definition) is 5. The lowest BCUT2D eigenvalue weighted by molar-refractivity contribution is -0.332. The Morgan fingerprint density at radius 1 is 1.31 bits per heavy atom. The Kier molecular flexibility index (Phi) is 4.00. The molecule has 1 aromatic heterocycles. The summed E-state index contributed by atoms with van der Waals surface area (Å²) in [5.74, 6) is 0.594. The van der Waals surface area contributed by atoms with Gasteiger partial charge in [-0.05, 0) is 18.8 Å². The highest BCUT2D eigenvalue weighted by Crippen LogP contribution is 2.61. The van der Waals surface area contributed by atoms with Gasteiger partial charge in [0.25, 0.3) is 11.5 Å². The maximum absolute atomic E-state index is 13.1. The standard InChI is InChI=1S/C19H27N3O4/c1-11(2)15-18(8-19(9-18,25-3)26-4)10-22(15)17(24)13-7-14(23)21-16(20-13)12-5-6-12/h7,11-12,15H,5-6,8-10H2,1-4H3,(H,20,21,23). The summed E-state index contributed by atoms with van der Waals surface area (Å²) in [7, 11) is 3.34. The molecule has 1 atom stereocenters. The Morgan fingerprint density at radius 3 is 2.50 bits per heavy atom. The van der Waals surface area contributed by atoms with Crippen molar-refractivity contribution in [1.29, 1.82) is 0 Å². The molecule has 1 saturated heterocycles. The van der Waals surface area contributed by atoms with Crippen molar-refractivity contribution in [2.75, 3.05) is 20.8 Å². The highest BCUT2D eigenvalue weighted by atomic mass is 16.7. The lowest BCUT2D eigenvalue weighted by Crippen LogP contribution is -2.76. The van der Waals surface area contributed by atoms with Crippen molar-refractivity contribution in [3.8, 4) is 0 Å². The summed E-state index contributed by atoms with van der Waals surface area (Å²) in [6, 6.07) is 1.44. The number of amides is 1. The average molecular weight is 361 g/mol. The molecule has 1 aromatic rings. The lowest BCUT2D eigenvalue weighted by atomic mass is 9.52. The van der Waals surface area contributed by atoms with E-state index < -0.39 is 5.79 Å². The van der Waals surface area contributed by atoms with Crippen molar-refractivity contribution in [1.82, 2.24) is 14.9 Å². The zero-order chi connectivity index (χ0) is 18.7. The van der Waals surface area contributed by atoms with E-state index in [9.17, 15) is 9.59 Å². The first kappa shape index (κ1) is 17.7. The molecular weight excluding hydrogens is 334 g/mol. The fraction of sp³-hybridized carbons (Fsp3) is 0.737. The highest BCUT2D eigenvalue weighted by molar-refractivity contribution is 5.93. The number of rotatable bonds is 5. The van der Waals surface area contributed by atoms with Crippen LogP contribution in [0.2, 0.25) is 0 Å². The Morgan fingerprint density at radius 2 is 1.96 bits per heavy atom. The molecule has 2 heterocycles. The van der Waals surface area contributed by atoms with E-state index in [0.29, 0.717) is 24.2 Å². The summed E-state index contributed by atoms with van der Waals surface area (Å²) >= 11 is 0. The summed E-state index contributed by atoms with van der Waals surface area (Å²) in [5.41, 5.74) is 0.0549. The third-order valence-electron chi connectivity index (χ3n) is 6.27. The normalized spacial score (nSPS) is 25.9. The van der Waals surface area contributed by atoms with Gasteiger partial charge in [-0.25, -0.2) is 4.98 Å². The molecule has 3 aliphatic rings. The summed E-state index contributed by atoms with van der Waals surface area (Å²) in [4.78, 5) is 34.1. The van der Waals surface area contributed by atoms with Crippen LogP contribution < -0.4 is 5.56 Å². The molecule has 0 bridgehead atoms. The van der Waals surface area contributed by atoms with Crippen molar-refractivity contribution in [2.24, 2.45) is 11.3 Å². The third-order valence-corrected chi connectivity index (χ3v) is 6.27. The molecule has 1 amide bonds. The summed E-state index contributed by atoms with van der Waals surface area (Å²) < 4.78 is 11.1. The van der Waals surface area contributed by atoms with Crippen molar-refractivity contribution < 1.29 is 14.3 Å². The maximum Gasteiger partial charge on any atom is 0.273 e. The smallest absolute Gasteiger partial charge is 0.273 e. The number of carbonyl (C=O) groups excluding carboxylic acids is 1. The number of aromatic amines is 1. The number of likely N-dealkylation sites (tertiary alicyclic amines) is 1. The topological polar surface area (TPSA) is 84.5 Å². The SMILES string of the molecule is COC1(OC)CC2(CN(C(=O)c3cc(=O)[nH]c(C4CC4)n3)C2C(C)C)C1. The number of hydrogen-bond donors (Lipinski definition) is 1. The second kappa shape index (κ2) is 5.89. The molecule has 3 fully saturated rings. The van der Waals surface area contributed by atoms with Crippen molar-refractivity contribution in [3.63, 3.8) is 0 Å². The molecule has 4 rings (SSSR count). The Hall–Kier alpha value is -1.73. The predicted molar refractivity (Wildman–Crippen MR) is 94.9 cm³/mol. The molecule has 2 aliphatic carbocycles. The number of H-pyrrole nitrogens is 1. The molecule has 7 heteroatoms. The number of methoxy groups -OCH3 is 2. The van der Waals surface area contributed by atoms with Gasteiger partial charge >= 0.3 is 0 Å². The Balaban J connectivity index is 1.55. The minimum atomic E-state index is -0.524. The van der Waals surface area contributed by atoms with Gasteiger partial charge in [-0.2, -0.15) is 0 Å². The van der Waals surface area contributed by atoms with E-state index in [2.05, 4.69) is 23.8 Å². The van der Waals surface area contributed by atoms with E-state index in [1.165, 1.54) is 6.07 Å². The van der Waals surface area contributed by atoms with E-state index in [1.54, 1.807) is 14.2 Å². The largest absolute Gasteiger partial charge is 0.353 e. The van der Waals surface area contributed by atoms with Gasteiger partial charge in [-0.15, -0.1) is 0 Å². The lowest BCUT2D eigenvalue weighted by Gasteiger charge is -2.68. The van der Waals surface area contributed by atoms with Crippen LogP contribution in [-0.2, 0) is 9.47 Å². The molecule has 0 aromatic carbocycles. The zero-order valence-corrected chi connectivity index (χ0v) is 15.9. The fourth-order valence-electron chi connectivity index (χ4n) is 5.01. The van der Waals surface area contributed by atoms with Crippen LogP contribution in [0.4, 0.5) is 0 Å². The van der Waals surface area contributed by atoms with Crippen LogP contribution in [0.25, 0.3) is 0 Å². The van der Waals surface area contributed by atoms with E-state index in [-0.39, 0.29) is 28.6 Å². The van der Waals surface area contributed by atoms with Crippen molar-refractivity contribution >= 4 is 5.91 Å². The summed E-state index contributed by atoms with van der Waals surface area (Å²) in [5, 5.41) is 0. The molecule has 26 heavy (non-hydrogen) atoms. The van der Waals surface area contributed by atoms with Gasteiger partial charge in [-0.3, -0.25) is 9.59 Å². The first-order valence-corrected chi connectivity index (χ1v) is 9.36.